The molecule has 0 aromatic heterocycles. The highest BCUT2D eigenvalue weighted by molar-refractivity contribution is 5.82. The first-order chi connectivity index (χ1) is 10.5. The third-order valence-corrected chi connectivity index (χ3v) is 3.87. The van der Waals surface area contributed by atoms with Crippen molar-refractivity contribution in [2.45, 2.75) is 25.9 Å². The Morgan fingerprint density at radius 1 is 1.36 bits per heavy atom. The van der Waals surface area contributed by atoms with Gasteiger partial charge in [-0.05, 0) is 31.9 Å². The van der Waals surface area contributed by atoms with Crippen LogP contribution in [0.5, 0.6) is 5.75 Å². The minimum atomic E-state index is -0.681. The molecule has 1 aromatic rings. The van der Waals surface area contributed by atoms with E-state index in [0.717, 1.165) is 0 Å². The second kappa shape index (κ2) is 6.94. The molecule has 1 unspecified atom stereocenters. The quantitative estimate of drug-likeness (QED) is 0.899. The normalized spacial score (nSPS) is 16.6. The first-order valence-electron chi connectivity index (χ1n) is 7.26. The van der Waals surface area contributed by atoms with E-state index in [1.54, 1.807) is 36.1 Å². The van der Waals surface area contributed by atoms with E-state index in [1.165, 1.54) is 0 Å². The summed E-state index contributed by atoms with van der Waals surface area (Å²) < 4.78 is 5.62. The zero-order valence-corrected chi connectivity index (χ0v) is 12.5. The van der Waals surface area contributed by atoms with Crippen molar-refractivity contribution < 1.29 is 14.3 Å². The van der Waals surface area contributed by atoms with Gasteiger partial charge in [-0.1, -0.05) is 12.1 Å². The number of nitriles is 1. The van der Waals surface area contributed by atoms with E-state index in [4.69, 9.17) is 15.7 Å². The molecule has 6 nitrogen and oxygen atoms in total. The summed E-state index contributed by atoms with van der Waals surface area (Å²) >= 11 is 0. The summed E-state index contributed by atoms with van der Waals surface area (Å²) in [5.41, 5.74) is 5.68. The van der Waals surface area contributed by atoms with Gasteiger partial charge >= 0.3 is 0 Å². The molecule has 0 aliphatic carbocycles. The van der Waals surface area contributed by atoms with Crippen molar-refractivity contribution in [3.05, 3.63) is 29.8 Å². The molecule has 0 spiro atoms. The number of benzene rings is 1. The van der Waals surface area contributed by atoms with Crippen LogP contribution in [0.3, 0.4) is 0 Å². The molecule has 0 bridgehead atoms. The highest BCUT2D eigenvalue weighted by Crippen LogP contribution is 2.21. The van der Waals surface area contributed by atoms with Gasteiger partial charge in [-0.15, -0.1) is 0 Å². The summed E-state index contributed by atoms with van der Waals surface area (Å²) in [5, 5.41) is 9.03. The molecule has 1 aliphatic rings. The highest BCUT2D eigenvalue weighted by Gasteiger charge is 2.29. The van der Waals surface area contributed by atoms with Crippen LogP contribution in [0.4, 0.5) is 0 Å². The second-order valence-corrected chi connectivity index (χ2v) is 5.37. The molecular formula is C16H19N3O3. The molecule has 2 N–H and O–H groups in total. The average Bonchev–Trinajstić information content (AvgIpc) is 2.54. The van der Waals surface area contributed by atoms with Crippen molar-refractivity contribution in [2.24, 2.45) is 11.7 Å². The summed E-state index contributed by atoms with van der Waals surface area (Å²) in [6.45, 7) is 2.66. The molecule has 1 heterocycles. The van der Waals surface area contributed by atoms with Gasteiger partial charge in [0.15, 0.2) is 6.10 Å². The molecule has 22 heavy (non-hydrogen) atoms. The van der Waals surface area contributed by atoms with Gasteiger partial charge in [-0.2, -0.15) is 5.26 Å². The fourth-order valence-electron chi connectivity index (χ4n) is 2.54. The molecule has 1 aromatic carbocycles. The van der Waals surface area contributed by atoms with Gasteiger partial charge in [0.2, 0.25) is 5.91 Å². The van der Waals surface area contributed by atoms with Crippen LogP contribution < -0.4 is 10.5 Å². The van der Waals surface area contributed by atoms with Crippen molar-refractivity contribution in [3.63, 3.8) is 0 Å². The first-order valence-corrected chi connectivity index (χ1v) is 7.26. The Morgan fingerprint density at radius 2 is 2.00 bits per heavy atom. The Morgan fingerprint density at radius 3 is 2.59 bits per heavy atom. The maximum absolute atomic E-state index is 12.4. The molecule has 0 radical (unpaired) electrons. The van der Waals surface area contributed by atoms with Gasteiger partial charge in [-0.25, -0.2) is 0 Å². The lowest BCUT2D eigenvalue weighted by Gasteiger charge is -2.32. The van der Waals surface area contributed by atoms with Crippen molar-refractivity contribution in [1.82, 2.24) is 4.90 Å². The highest BCUT2D eigenvalue weighted by atomic mass is 16.5. The van der Waals surface area contributed by atoms with Crippen molar-refractivity contribution in [3.8, 4) is 11.8 Å². The Labute approximate surface area is 129 Å². The Hall–Kier alpha value is -2.55. The number of primary amides is 1. The number of nitrogens with zero attached hydrogens (tertiary/aromatic N) is 2. The molecule has 1 fully saturated rings. The summed E-state index contributed by atoms with van der Waals surface area (Å²) in [6.07, 6.45) is 0.491. The molecule has 116 valence electrons. The second-order valence-electron chi connectivity index (χ2n) is 5.37. The monoisotopic (exact) mass is 301 g/mol. The number of ether oxygens (including phenoxy) is 1. The Balaban J connectivity index is 1.96. The molecular weight excluding hydrogens is 282 g/mol. The molecule has 6 heteroatoms. The number of carbonyl (C=O) groups is 2. The zero-order valence-electron chi connectivity index (χ0n) is 12.5. The van der Waals surface area contributed by atoms with Crippen LogP contribution in [-0.4, -0.2) is 35.9 Å². The van der Waals surface area contributed by atoms with Crippen LogP contribution in [0.2, 0.25) is 0 Å². The predicted octanol–water partition coefficient (Wildman–Crippen LogP) is 1.05. The number of amides is 2. The number of para-hydroxylation sites is 1. The lowest BCUT2D eigenvalue weighted by Crippen LogP contribution is -2.46. The lowest BCUT2D eigenvalue weighted by atomic mass is 9.96. The van der Waals surface area contributed by atoms with E-state index in [1.807, 2.05) is 6.07 Å². The molecule has 2 rings (SSSR count). The van der Waals surface area contributed by atoms with E-state index in [9.17, 15) is 9.59 Å². The fraction of sp³-hybridized carbons (Fsp3) is 0.438. The minimum absolute atomic E-state index is 0.143. The van der Waals surface area contributed by atoms with Gasteiger partial charge in [0.25, 0.3) is 5.91 Å². The standard InChI is InChI=1S/C16H19N3O3/c1-11(22-14-5-3-2-4-13(14)10-17)16(21)19-8-6-12(7-9-19)15(18)20/h2-5,11-12H,6-9H2,1H3,(H2,18,20). The van der Waals surface area contributed by atoms with Crippen molar-refractivity contribution >= 4 is 11.8 Å². The zero-order chi connectivity index (χ0) is 16.1. The number of nitrogens with two attached hydrogens (primary N) is 1. The maximum Gasteiger partial charge on any atom is 0.263 e. The molecule has 1 aliphatic heterocycles. The SMILES string of the molecule is CC(Oc1ccccc1C#N)C(=O)N1CCC(C(N)=O)CC1. The molecule has 0 saturated carbocycles. The Bertz CT molecular complexity index is 601. The topological polar surface area (TPSA) is 96.4 Å². The van der Waals surface area contributed by atoms with Gasteiger partial charge < -0.3 is 15.4 Å². The number of hydrogen-bond donors (Lipinski definition) is 1. The number of carbonyl (C=O) groups excluding carboxylic acids is 2. The van der Waals surface area contributed by atoms with E-state index in [2.05, 4.69) is 0 Å². The largest absolute Gasteiger partial charge is 0.480 e. The number of rotatable bonds is 4. The van der Waals surface area contributed by atoms with Gasteiger partial charge in [0.1, 0.15) is 11.8 Å². The van der Waals surface area contributed by atoms with Crippen LogP contribution in [0.1, 0.15) is 25.3 Å². The minimum Gasteiger partial charge on any atom is -0.480 e. The summed E-state index contributed by atoms with van der Waals surface area (Å²) in [5.74, 6) is -0.201. The van der Waals surface area contributed by atoms with Crippen LogP contribution >= 0.6 is 0 Å². The molecule has 2 amide bonds. The predicted molar refractivity (Wildman–Crippen MR) is 79.7 cm³/mol. The van der Waals surface area contributed by atoms with Gasteiger partial charge in [-0.3, -0.25) is 9.59 Å². The van der Waals surface area contributed by atoms with E-state index in [0.29, 0.717) is 37.2 Å². The number of hydrogen-bond acceptors (Lipinski definition) is 4. The summed E-state index contributed by atoms with van der Waals surface area (Å²) in [7, 11) is 0. The van der Waals surface area contributed by atoms with E-state index >= 15 is 0 Å². The van der Waals surface area contributed by atoms with Crippen molar-refractivity contribution in [1.29, 1.82) is 5.26 Å². The summed E-state index contributed by atoms with van der Waals surface area (Å²) in [6, 6.07) is 8.85. The van der Waals surface area contributed by atoms with E-state index in [-0.39, 0.29) is 17.7 Å². The van der Waals surface area contributed by atoms with E-state index < -0.39 is 6.10 Å². The van der Waals surface area contributed by atoms with Crippen molar-refractivity contribution in [2.75, 3.05) is 13.1 Å². The summed E-state index contributed by atoms with van der Waals surface area (Å²) in [4.78, 5) is 25.2. The average molecular weight is 301 g/mol. The number of piperidine rings is 1. The van der Waals surface area contributed by atoms with Gasteiger partial charge in [0, 0.05) is 19.0 Å². The first kappa shape index (κ1) is 15.8. The fourth-order valence-corrected chi connectivity index (χ4v) is 2.54. The van der Waals surface area contributed by atoms with Crippen LogP contribution in [0, 0.1) is 17.2 Å². The lowest BCUT2D eigenvalue weighted by molar-refractivity contribution is -0.140. The van der Waals surface area contributed by atoms with Gasteiger partial charge in [0.05, 0.1) is 5.56 Å². The number of likely N-dealkylation sites (tertiary alicyclic amines) is 1. The van der Waals surface area contributed by atoms with Crippen LogP contribution in [0.25, 0.3) is 0 Å². The van der Waals surface area contributed by atoms with Crippen LogP contribution in [0.15, 0.2) is 24.3 Å². The third kappa shape index (κ3) is 3.55. The molecule has 1 saturated heterocycles. The smallest absolute Gasteiger partial charge is 0.263 e. The molecule has 1 atom stereocenters. The van der Waals surface area contributed by atoms with Crippen LogP contribution in [-0.2, 0) is 9.59 Å². The maximum atomic E-state index is 12.4. The third-order valence-electron chi connectivity index (χ3n) is 3.87. The Kier molecular flexibility index (Phi) is 4.99.